The number of benzene rings is 1. The largest absolute Gasteiger partial charge is 0.493 e. The summed E-state index contributed by atoms with van der Waals surface area (Å²) in [6, 6.07) is 4.27. The average Bonchev–Trinajstić information content (AvgIpc) is 3.62. The van der Waals surface area contributed by atoms with Gasteiger partial charge in [0.2, 0.25) is 5.91 Å². The van der Waals surface area contributed by atoms with Gasteiger partial charge in [-0.25, -0.2) is 14.4 Å². The highest BCUT2D eigenvalue weighted by molar-refractivity contribution is 6.09. The molecule has 2 fully saturated rings. The van der Waals surface area contributed by atoms with Crippen LogP contribution in [0.15, 0.2) is 24.5 Å². The molecule has 1 saturated carbocycles. The van der Waals surface area contributed by atoms with Crippen molar-refractivity contribution < 1.29 is 23.8 Å². The second kappa shape index (κ2) is 9.61. The number of aromatic nitrogens is 3. The molecule has 2 aliphatic rings. The fourth-order valence-electron chi connectivity index (χ4n) is 4.54. The van der Waals surface area contributed by atoms with Crippen LogP contribution in [0.4, 0.5) is 4.39 Å². The Morgan fingerprint density at radius 2 is 2.00 bits per heavy atom. The van der Waals surface area contributed by atoms with Crippen molar-refractivity contribution in [1.82, 2.24) is 25.2 Å². The Hall–Kier alpha value is -3.53. The van der Waals surface area contributed by atoms with Crippen molar-refractivity contribution in [2.75, 3.05) is 26.3 Å². The number of hydrogen-bond donors (Lipinski definition) is 3. The van der Waals surface area contributed by atoms with Crippen molar-refractivity contribution in [3.8, 4) is 17.0 Å². The lowest BCUT2D eigenvalue weighted by Crippen LogP contribution is -2.47. The van der Waals surface area contributed by atoms with Gasteiger partial charge in [-0.05, 0) is 56.7 Å². The number of hydrogen-bond acceptors (Lipinski definition) is 6. The molecule has 2 amide bonds. The highest BCUT2D eigenvalue weighted by Gasteiger charge is 2.27. The van der Waals surface area contributed by atoms with Gasteiger partial charge in [-0.2, -0.15) is 0 Å². The fourth-order valence-corrected chi connectivity index (χ4v) is 4.54. The normalized spacial score (nSPS) is 16.5. The number of ether oxygens (including phenoxy) is 1. The lowest BCUT2D eigenvalue weighted by atomic mass is 10.0. The molecular weight excluding hydrogens is 453 g/mol. The van der Waals surface area contributed by atoms with Crippen molar-refractivity contribution in [3.05, 3.63) is 41.6 Å². The van der Waals surface area contributed by atoms with E-state index in [1.807, 2.05) is 0 Å². The number of H-pyrrole nitrogens is 1. The minimum absolute atomic E-state index is 0.0958. The van der Waals surface area contributed by atoms with Gasteiger partial charge in [-0.3, -0.25) is 9.59 Å². The molecule has 9 nitrogen and oxygen atoms in total. The Kier molecular flexibility index (Phi) is 6.38. The number of carbonyl (C=O) groups is 2. The lowest BCUT2D eigenvalue weighted by Gasteiger charge is -2.32. The Bertz CT molecular complexity index is 1260. The number of carbonyl (C=O) groups excluding carboxylic acids is 2. The number of nitrogens with zero attached hydrogens (tertiary/aromatic N) is 3. The average molecular weight is 482 g/mol. The molecule has 0 radical (unpaired) electrons. The summed E-state index contributed by atoms with van der Waals surface area (Å²) in [4.78, 5) is 38.5. The number of likely N-dealkylation sites (tertiary alicyclic amines) is 1. The molecule has 3 heterocycles. The van der Waals surface area contributed by atoms with Gasteiger partial charge in [0.15, 0.2) is 0 Å². The molecule has 35 heavy (non-hydrogen) atoms. The van der Waals surface area contributed by atoms with Crippen LogP contribution < -0.4 is 10.1 Å². The summed E-state index contributed by atoms with van der Waals surface area (Å²) in [7, 11) is 0. The van der Waals surface area contributed by atoms with Crippen molar-refractivity contribution >= 4 is 22.8 Å². The van der Waals surface area contributed by atoms with Crippen LogP contribution in [0.25, 0.3) is 22.3 Å². The number of fused-ring (bicyclic) bond motifs is 1. The van der Waals surface area contributed by atoms with Crippen LogP contribution in [0.5, 0.6) is 5.75 Å². The molecule has 184 valence electrons. The van der Waals surface area contributed by atoms with Crippen LogP contribution in [0.3, 0.4) is 0 Å². The third kappa shape index (κ3) is 4.84. The molecule has 0 bridgehead atoms. The van der Waals surface area contributed by atoms with E-state index in [0.29, 0.717) is 77.8 Å². The first-order valence-electron chi connectivity index (χ1n) is 11.9. The van der Waals surface area contributed by atoms with Crippen molar-refractivity contribution in [2.24, 2.45) is 5.92 Å². The SMILES string of the molecule is Cc1[nH]c2c(-c3cc(F)ccc3OCC3CC3)ncnc2c1C(=O)NC1CCN(C(=O)CO)CC1. The maximum absolute atomic E-state index is 14.2. The summed E-state index contributed by atoms with van der Waals surface area (Å²) < 4.78 is 20.2. The van der Waals surface area contributed by atoms with Crippen LogP contribution >= 0.6 is 0 Å². The third-order valence-corrected chi connectivity index (χ3v) is 6.68. The van der Waals surface area contributed by atoms with Crippen LogP contribution in [0, 0.1) is 18.7 Å². The molecule has 1 aliphatic heterocycles. The minimum atomic E-state index is -0.508. The maximum Gasteiger partial charge on any atom is 0.255 e. The third-order valence-electron chi connectivity index (χ3n) is 6.68. The lowest BCUT2D eigenvalue weighted by molar-refractivity contribution is -0.135. The number of nitrogens with one attached hydrogen (secondary N) is 2. The van der Waals surface area contributed by atoms with Crippen LogP contribution in [-0.2, 0) is 4.79 Å². The fraction of sp³-hybridized carbons (Fsp3) is 0.440. The predicted molar refractivity (Wildman–Crippen MR) is 126 cm³/mol. The van der Waals surface area contributed by atoms with Gasteiger partial charge in [0.25, 0.3) is 5.91 Å². The van der Waals surface area contributed by atoms with Crippen LogP contribution in [-0.4, -0.2) is 69.1 Å². The summed E-state index contributed by atoms with van der Waals surface area (Å²) in [6.07, 6.45) is 4.85. The number of aliphatic hydroxyl groups is 1. The van der Waals surface area contributed by atoms with E-state index in [1.54, 1.807) is 17.9 Å². The zero-order valence-corrected chi connectivity index (χ0v) is 19.5. The highest BCUT2D eigenvalue weighted by Crippen LogP contribution is 2.36. The molecule has 3 N–H and O–H groups in total. The van der Waals surface area contributed by atoms with Gasteiger partial charge in [0.1, 0.15) is 35.7 Å². The van der Waals surface area contributed by atoms with Gasteiger partial charge in [0.05, 0.1) is 17.7 Å². The summed E-state index contributed by atoms with van der Waals surface area (Å²) in [5, 5.41) is 12.1. The second-order valence-corrected chi connectivity index (χ2v) is 9.25. The maximum atomic E-state index is 14.2. The summed E-state index contributed by atoms with van der Waals surface area (Å²) in [6.45, 7) is 2.82. The Morgan fingerprint density at radius 3 is 2.71 bits per heavy atom. The zero-order valence-electron chi connectivity index (χ0n) is 19.5. The van der Waals surface area contributed by atoms with E-state index >= 15 is 0 Å². The van der Waals surface area contributed by atoms with Gasteiger partial charge in [-0.15, -0.1) is 0 Å². The molecule has 1 aromatic carbocycles. The molecule has 1 saturated heterocycles. The molecule has 2 aromatic heterocycles. The number of piperidine rings is 1. The Balaban J connectivity index is 1.41. The number of aromatic amines is 1. The number of rotatable bonds is 7. The van der Waals surface area contributed by atoms with Crippen molar-refractivity contribution in [2.45, 2.75) is 38.6 Å². The van der Waals surface area contributed by atoms with E-state index in [9.17, 15) is 14.0 Å². The van der Waals surface area contributed by atoms with Gasteiger partial charge in [-0.1, -0.05) is 0 Å². The van der Waals surface area contributed by atoms with Crippen molar-refractivity contribution in [1.29, 1.82) is 0 Å². The molecule has 10 heteroatoms. The van der Waals surface area contributed by atoms with Crippen LogP contribution in [0.2, 0.25) is 0 Å². The van der Waals surface area contributed by atoms with E-state index in [1.165, 1.54) is 18.5 Å². The smallest absolute Gasteiger partial charge is 0.255 e. The standard InChI is InChI=1S/C25H28FN5O4/c1-14-21(25(34)30-17-6-8-31(9-7-17)20(33)11-32)23-24(29-14)22(27-13-28-23)18-10-16(26)4-5-19(18)35-12-15-2-3-15/h4-5,10,13,15,17,29,32H,2-3,6-9,11-12H2,1H3,(H,30,34). The quantitative estimate of drug-likeness (QED) is 0.477. The van der Waals surface area contributed by atoms with Gasteiger partial charge >= 0.3 is 0 Å². The zero-order chi connectivity index (χ0) is 24.5. The number of amides is 2. The Labute approximate surface area is 201 Å². The number of aliphatic hydroxyl groups excluding tert-OH is 1. The summed E-state index contributed by atoms with van der Waals surface area (Å²) in [5.41, 5.74) is 3.01. The highest BCUT2D eigenvalue weighted by atomic mass is 19.1. The molecule has 0 atom stereocenters. The van der Waals surface area contributed by atoms with E-state index in [4.69, 9.17) is 9.84 Å². The second-order valence-electron chi connectivity index (χ2n) is 9.25. The number of halogens is 1. The molecule has 0 unspecified atom stereocenters. The van der Waals surface area contributed by atoms with Gasteiger partial charge in [0, 0.05) is 30.4 Å². The first-order chi connectivity index (χ1) is 16.9. The summed E-state index contributed by atoms with van der Waals surface area (Å²) >= 11 is 0. The topological polar surface area (TPSA) is 120 Å². The van der Waals surface area contributed by atoms with Crippen LogP contribution in [0.1, 0.15) is 41.7 Å². The van der Waals surface area contributed by atoms with E-state index in [-0.39, 0.29) is 17.9 Å². The number of aryl methyl sites for hydroxylation is 1. The van der Waals surface area contributed by atoms with E-state index in [2.05, 4.69) is 20.3 Å². The Morgan fingerprint density at radius 1 is 1.23 bits per heavy atom. The molecule has 3 aromatic rings. The molecule has 5 rings (SSSR count). The summed E-state index contributed by atoms with van der Waals surface area (Å²) in [5.74, 6) is 0.104. The monoisotopic (exact) mass is 481 g/mol. The predicted octanol–water partition coefficient (Wildman–Crippen LogP) is 2.57. The van der Waals surface area contributed by atoms with E-state index < -0.39 is 12.4 Å². The first kappa shape index (κ1) is 23.2. The minimum Gasteiger partial charge on any atom is -0.493 e. The van der Waals surface area contributed by atoms with Gasteiger partial charge < -0.3 is 25.0 Å². The molecule has 1 aliphatic carbocycles. The van der Waals surface area contributed by atoms with E-state index in [0.717, 1.165) is 12.8 Å². The molecular formula is C25H28FN5O4. The van der Waals surface area contributed by atoms with Crippen molar-refractivity contribution in [3.63, 3.8) is 0 Å². The molecule has 0 spiro atoms. The first-order valence-corrected chi connectivity index (χ1v) is 11.9.